The Balaban J connectivity index is 4.24. The largest absolute Gasteiger partial charge is 0.462 e. The van der Waals surface area contributed by atoms with E-state index in [1.807, 2.05) is 0 Å². The molecule has 0 radical (unpaired) electrons. The predicted octanol–water partition coefficient (Wildman–Crippen LogP) is 17.0. The zero-order valence-corrected chi connectivity index (χ0v) is 39.1. The van der Waals surface area contributed by atoms with Gasteiger partial charge >= 0.3 is 11.9 Å². The fourth-order valence-corrected chi connectivity index (χ4v) is 7.25. The molecule has 0 saturated heterocycles. The second-order valence-corrected chi connectivity index (χ2v) is 17.1. The van der Waals surface area contributed by atoms with Crippen LogP contribution in [0.15, 0.2) is 36.5 Å². The maximum absolute atomic E-state index is 12.7. The summed E-state index contributed by atoms with van der Waals surface area (Å²) >= 11 is 0. The lowest BCUT2D eigenvalue weighted by Crippen LogP contribution is -2.30. The van der Waals surface area contributed by atoms with Gasteiger partial charge in [-0.25, -0.2) is 0 Å². The molecule has 58 heavy (non-hydrogen) atoms. The van der Waals surface area contributed by atoms with Crippen LogP contribution < -0.4 is 0 Å². The van der Waals surface area contributed by atoms with Crippen molar-refractivity contribution < 1.29 is 23.8 Å². The van der Waals surface area contributed by atoms with E-state index in [0.717, 1.165) is 64.2 Å². The second-order valence-electron chi connectivity index (χ2n) is 17.1. The normalized spacial score (nSPS) is 12.4. The molecule has 0 rings (SSSR count). The molecule has 0 aliphatic heterocycles. The third-order valence-corrected chi connectivity index (χ3v) is 11.1. The maximum atomic E-state index is 12.7. The van der Waals surface area contributed by atoms with Crippen LogP contribution in [-0.4, -0.2) is 37.9 Å². The van der Waals surface area contributed by atoms with Crippen molar-refractivity contribution in [3.63, 3.8) is 0 Å². The van der Waals surface area contributed by atoms with E-state index >= 15 is 0 Å². The SMILES string of the molecule is CCCC/C=C\CCCCCCCC(=O)OC(COCCCCCCCC/C=C\CCCCCCCC)COC(=O)CCCCCCC/C=C\CCCCCCCC. The molecular formula is C53H98O5. The lowest BCUT2D eigenvalue weighted by atomic mass is 10.1. The Kier molecular flexibility index (Phi) is 47.9. The molecule has 0 spiro atoms. The molecular weight excluding hydrogens is 717 g/mol. The Morgan fingerprint density at radius 1 is 0.362 bits per heavy atom. The molecule has 0 aliphatic carbocycles. The van der Waals surface area contributed by atoms with Crippen molar-refractivity contribution in [3.05, 3.63) is 36.5 Å². The van der Waals surface area contributed by atoms with Crippen LogP contribution in [0, 0.1) is 0 Å². The Hall–Kier alpha value is -1.88. The van der Waals surface area contributed by atoms with Crippen molar-refractivity contribution in [2.75, 3.05) is 19.8 Å². The lowest BCUT2D eigenvalue weighted by Gasteiger charge is -2.18. The van der Waals surface area contributed by atoms with Gasteiger partial charge in [0.2, 0.25) is 0 Å². The highest BCUT2D eigenvalue weighted by atomic mass is 16.6. The quantitative estimate of drug-likeness (QED) is 0.0348. The molecule has 0 fully saturated rings. The van der Waals surface area contributed by atoms with Crippen LogP contribution in [0.25, 0.3) is 0 Å². The molecule has 0 bridgehead atoms. The molecule has 5 heteroatoms. The molecule has 1 unspecified atom stereocenters. The van der Waals surface area contributed by atoms with Gasteiger partial charge in [0.25, 0.3) is 0 Å². The minimum absolute atomic E-state index is 0.0782. The van der Waals surface area contributed by atoms with Gasteiger partial charge < -0.3 is 14.2 Å². The summed E-state index contributed by atoms with van der Waals surface area (Å²) in [5, 5.41) is 0. The third-order valence-electron chi connectivity index (χ3n) is 11.1. The Labute approximate surface area is 361 Å². The third kappa shape index (κ3) is 46.8. The van der Waals surface area contributed by atoms with E-state index in [1.165, 1.54) is 167 Å². The van der Waals surface area contributed by atoms with E-state index in [1.54, 1.807) is 0 Å². The van der Waals surface area contributed by atoms with E-state index in [2.05, 4.69) is 57.2 Å². The predicted molar refractivity (Wildman–Crippen MR) is 252 cm³/mol. The van der Waals surface area contributed by atoms with Crippen LogP contribution in [0.2, 0.25) is 0 Å². The van der Waals surface area contributed by atoms with Crippen molar-refractivity contribution >= 4 is 11.9 Å². The van der Waals surface area contributed by atoms with Crippen LogP contribution >= 0.6 is 0 Å². The van der Waals surface area contributed by atoms with Gasteiger partial charge in [-0.2, -0.15) is 0 Å². The minimum atomic E-state index is -0.542. The summed E-state index contributed by atoms with van der Waals surface area (Å²) in [5.74, 6) is -0.412. The van der Waals surface area contributed by atoms with Gasteiger partial charge in [-0.15, -0.1) is 0 Å². The zero-order chi connectivity index (χ0) is 42.1. The highest BCUT2D eigenvalue weighted by Crippen LogP contribution is 2.14. The molecule has 0 N–H and O–H groups in total. The molecule has 1 atom stereocenters. The lowest BCUT2D eigenvalue weighted by molar-refractivity contribution is -0.163. The standard InChI is InChI=1S/C53H98O5/c1-4-7-10-13-16-19-22-24-26-28-30-33-36-39-42-45-48-56-49-51(58-53(55)47-44-41-38-35-31-21-18-15-12-9-6-3)50-57-52(54)46-43-40-37-34-32-29-27-25-23-20-17-14-11-8-5-2/h15,18,24-27,51H,4-14,16-17,19-23,28-50H2,1-3H3/b18-15-,26-24-,27-25-. The summed E-state index contributed by atoms with van der Waals surface area (Å²) < 4.78 is 17.4. The van der Waals surface area contributed by atoms with Gasteiger partial charge in [0, 0.05) is 19.4 Å². The number of carbonyl (C=O) groups excluding carboxylic acids is 2. The van der Waals surface area contributed by atoms with E-state index < -0.39 is 6.10 Å². The van der Waals surface area contributed by atoms with Gasteiger partial charge in [-0.3, -0.25) is 9.59 Å². The first-order valence-corrected chi connectivity index (χ1v) is 25.5. The van der Waals surface area contributed by atoms with E-state index in [-0.39, 0.29) is 25.2 Å². The summed E-state index contributed by atoms with van der Waals surface area (Å²) in [6.45, 7) is 7.78. The maximum Gasteiger partial charge on any atom is 0.306 e. The van der Waals surface area contributed by atoms with Gasteiger partial charge in [-0.1, -0.05) is 198 Å². The Bertz CT molecular complexity index is 924. The fourth-order valence-electron chi connectivity index (χ4n) is 7.25. The summed E-state index contributed by atoms with van der Waals surface area (Å²) in [4.78, 5) is 25.3. The average molecular weight is 815 g/mol. The molecule has 340 valence electrons. The molecule has 5 nitrogen and oxygen atoms in total. The van der Waals surface area contributed by atoms with Crippen molar-refractivity contribution in [2.45, 2.75) is 271 Å². The number of carbonyl (C=O) groups is 2. The molecule has 0 saturated carbocycles. The number of hydrogen-bond donors (Lipinski definition) is 0. The topological polar surface area (TPSA) is 61.8 Å². The molecule has 0 aliphatic rings. The summed E-state index contributed by atoms with van der Waals surface area (Å²) in [5.41, 5.74) is 0. The highest BCUT2D eigenvalue weighted by molar-refractivity contribution is 5.70. The van der Waals surface area contributed by atoms with Crippen LogP contribution in [0.4, 0.5) is 0 Å². The van der Waals surface area contributed by atoms with Crippen LogP contribution in [-0.2, 0) is 23.8 Å². The van der Waals surface area contributed by atoms with Gasteiger partial charge in [0.1, 0.15) is 6.61 Å². The average Bonchev–Trinajstić information content (AvgIpc) is 3.22. The number of ether oxygens (including phenoxy) is 3. The molecule has 0 aromatic rings. The Morgan fingerprint density at radius 2 is 0.690 bits per heavy atom. The van der Waals surface area contributed by atoms with Crippen LogP contribution in [0.5, 0.6) is 0 Å². The van der Waals surface area contributed by atoms with Crippen LogP contribution in [0.3, 0.4) is 0 Å². The van der Waals surface area contributed by atoms with Crippen molar-refractivity contribution in [2.24, 2.45) is 0 Å². The summed E-state index contributed by atoms with van der Waals surface area (Å²) in [7, 11) is 0. The fraction of sp³-hybridized carbons (Fsp3) is 0.849. The van der Waals surface area contributed by atoms with Crippen molar-refractivity contribution in [3.8, 4) is 0 Å². The smallest absolute Gasteiger partial charge is 0.306 e. The van der Waals surface area contributed by atoms with E-state index in [4.69, 9.17) is 14.2 Å². The van der Waals surface area contributed by atoms with E-state index in [0.29, 0.717) is 19.4 Å². The number of unbranched alkanes of at least 4 members (excludes halogenated alkanes) is 30. The second kappa shape index (κ2) is 49.5. The number of esters is 2. The van der Waals surface area contributed by atoms with Crippen LogP contribution in [0.1, 0.15) is 265 Å². The minimum Gasteiger partial charge on any atom is -0.462 e. The first kappa shape index (κ1) is 56.1. The molecule has 0 amide bonds. The first-order chi connectivity index (χ1) is 28.6. The molecule has 0 aromatic heterocycles. The van der Waals surface area contributed by atoms with E-state index in [9.17, 15) is 9.59 Å². The van der Waals surface area contributed by atoms with Crippen molar-refractivity contribution in [1.29, 1.82) is 0 Å². The highest BCUT2D eigenvalue weighted by Gasteiger charge is 2.17. The molecule has 0 aromatic carbocycles. The van der Waals surface area contributed by atoms with Gasteiger partial charge in [0.05, 0.1) is 6.61 Å². The number of hydrogen-bond acceptors (Lipinski definition) is 5. The summed E-state index contributed by atoms with van der Waals surface area (Å²) in [6, 6.07) is 0. The summed E-state index contributed by atoms with van der Waals surface area (Å²) in [6.07, 6.45) is 58.6. The zero-order valence-electron chi connectivity index (χ0n) is 39.1. The monoisotopic (exact) mass is 815 g/mol. The number of allylic oxidation sites excluding steroid dienone is 6. The van der Waals surface area contributed by atoms with Crippen molar-refractivity contribution in [1.82, 2.24) is 0 Å². The first-order valence-electron chi connectivity index (χ1n) is 25.5. The van der Waals surface area contributed by atoms with Gasteiger partial charge in [-0.05, 0) is 89.9 Å². The Morgan fingerprint density at radius 3 is 1.10 bits per heavy atom. The van der Waals surface area contributed by atoms with Gasteiger partial charge in [0.15, 0.2) is 6.10 Å². The molecule has 0 heterocycles. The number of rotatable bonds is 47.